The lowest BCUT2D eigenvalue weighted by Gasteiger charge is -2.13. The number of ether oxygens (including phenoxy) is 1. The molecule has 0 spiro atoms. The Morgan fingerprint density at radius 2 is 2.00 bits per heavy atom. The Hall–Kier alpha value is -3.71. The smallest absolute Gasteiger partial charge is 0.328 e. The molecule has 9 nitrogen and oxygen atoms in total. The quantitative estimate of drug-likeness (QED) is 0.620. The van der Waals surface area contributed by atoms with Crippen LogP contribution in [0.5, 0.6) is 0 Å². The SMILES string of the molecule is CC(OC(=O)Cn1[nH]c(=O)c2ccccc2c1=O)C(=O)Nc1sccc1C#N. The number of fused-ring (bicyclic) bond motifs is 1. The molecule has 2 aromatic heterocycles. The molecule has 0 radical (unpaired) electrons. The molecule has 0 aliphatic rings. The van der Waals surface area contributed by atoms with E-state index in [1.807, 2.05) is 6.07 Å². The van der Waals surface area contributed by atoms with Crippen LogP contribution in [0.4, 0.5) is 5.00 Å². The van der Waals surface area contributed by atoms with Gasteiger partial charge < -0.3 is 10.1 Å². The highest BCUT2D eigenvalue weighted by Gasteiger charge is 2.20. The molecule has 3 aromatic rings. The predicted octanol–water partition coefficient (Wildman–Crippen LogP) is 1.19. The Morgan fingerprint density at radius 1 is 1.29 bits per heavy atom. The van der Waals surface area contributed by atoms with Crippen molar-refractivity contribution < 1.29 is 14.3 Å². The van der Waals surface area contributed by atoms with Crippen LogP contribution in [0.1, 0.15) is 12.5 Å². The van der Waals surface area contributed by atoms with Crippen LogP contribution >= 0.6 is 11.3 Å². The minimum absolute atomic E-state index is 0.173. The molecule has 1 aromatic carbocycles. The number of aromatic nitrogens is 2. The highest BCUT2D eigenvalue weighted by molar-refractivity contribution is 7.14. The molecule has 0 fully saturated rings. The van der Waals surface area contributed by atoms with Crippen molar-refractivity contribution >= 4 is 39.0 Å². The van der Waals surface area contributed by atoms with Crippen LogP contribution in [0.2, 0.25) is 0 Å². The maximum absolute atomic E-state index is 12.4. The molecular formula is C18H14N4O5S. The first-order valence-electron chi connectivity index (χ1n) is 8.10. The molecule has 0 aliphatic carbocycles. The van der Waals surface area contributed by atoms with E-state index in [1.165, 1.54) is 30.4 Å². The van der Waals surface area contributed by atoms with Crippen molar-refractivity contribution in [2.45, 2.75) is 19.6 Å². The summed E-state index contributed by atoms with van der Waals surface area (Å²) in [6, 6.07) is 9.72. The van der Waals surface area contributed by atoms with Crippen LogP contribution in [-0.4, -0.2) is 27.8 Å². The van der Waals surface area contributed by atoms with Gasteiger partial charge in [0.2, 0.25) is 0 Å². The van der Waals surface area contributed by atoms with E-state index in [0.29, 0.717) is 10.6 Å². The van der Waals surface area contributed by atoms with Gasteiger partial charge in [-0.1, -0.05) is 12.1 Å². The van der Waals surface area contributed by atoms with Gasteiger partial charge in [-0.3, -0.25) is 24.3 Å². The van der Waals surface area contributed by atoms with Crippen LogP contribution in [-0.2, 0) is 20.9 Å². The van der Waals surface area contributed by atoms with Gasteiger partial charge in [-0.25, -0.2) is 4.68 Å². The molecule has 0 aliphatic heterocycles. The number of thiophene rings is 1. The number of hydrogen-bond donors (Lipinski definition) is 2. The first-order valence-corrected chi connectivity index (χ1v) is 8.98. The highest BCUT2D eigenvalue weighted by atomic mass is 32.1. The Kier molecular flexibility index (Phi) is 5.37. The molecule has 2 heterocycles. The van der Waals surface area contributed by atoms with Crippen LogP contribution in [0.15, 0.2) is 45.3 Å². The lowest BCUT2D eigenvalue weighted by atomic mass is 10.2. The summed E-state index contributed by atoms with van der Waals surface area (Å²) in [5, 5.41) is 16.2. The summed E-state index contributed by atoms with van der Waals surface area (Å²) in [6.07, 6.45) is -1.16. The van der Waals surface area contributed by atoms with E-state index in [2.05, 4.69) is 10.4 Å². The Morgan fingerprint density at radius 3 is 2.71 bits per heavy atom. The van der Waals surface area contributed by atoms with Crippen molar-refractivity contribution in [2.24, 2.45) is 0 Å². The monoisotopic (exact) mass is 398 g/mol. The third kappa shape index (κ3) is 3.84. The number of carbonyl (C=O) groups is 2. The van der Waals surface area contributed by atoms with Gasteiger partial charge in [0, 0.05) is 0 Å². The summed E-state index contributed by atoms with van der Waals surface area (Å²) in [4.78, 5) is 48.7. The van der Waals surface area contributed by atoms with Gasteiger partial charge in [-0.2, -0.15) is 5.26 Å². The summed E-state index contributed by atoms with van der Waals surface area (Å²) in [5.74, 6) is -1.49. The fourth-order valence-electron chi connectivity index (χ4n) is 2.48. The average Bonchev–Trinajstić information content (AvgIpc) is 3.12. The third-order valence-electron chi connectivity index (χ3n) is 3.87. The Balaban J connectivity index is 1.70. The van der Waals surface area contributed by atoms with Crippen molar-refractivity contribution in [1.82, 2.24) is 9.78 Å². The van der Waals surface area contributed by atoms with Gasteiger partial charge >= 0.3 is 5.97 Å². The van der Waals surface area contributed by atoms with Crippen LogP contribution in [0.25, 0.3) is 10.8 Å². The maximum atomic E-state index is 12.4. The minimum atomic E-state index is -1.16. The lowest BCUT2D eigenvalue weighted by Crippen LogP contribution is -2.35. The molecule has 142 valence electrons. The molecule has 2 N–H and O–H groups in total. The number of amides is 1. The largest absolute Gasteiger partial charge is 0.451 e. The molecule has 0 saturated heterocycles. The molecule has 1 amide bonds. The van der Waals surface area contributed by atoms with Crippen molar-refractivity contribution in [3.05, 3.63) is 62.0 Å². The third-order valence-corrected chi connectivity index (χ3v) is 4.70. The number of hydrogen-bond acceptors (Lipinski definition) is 7. The zero-order chi connectivity index (χ0) is 20.3. The highest BCUT2D eigenvalue weighted by Crippen LogP contribution is 2.22. The van der Waals surface area contributed by atoms with E-state index >= 15 is 0 Å². The van der Waals surface area contributed by atoms with Crippen LogP contribution < -0.4 is 16.4 Å². The van der Waals surface area contributed by atoms with Crippen LogP contribution in [0.3, 0.4) is 0 Å². The fraction of sp³-hybridized carbons (Fsp3) is 0.167. The Bertz CT molecular complexity index is 1220. The number of esters is 1. The molecule has 10 heteroatoms. The van der Waals surface area contributed by atoms with E-state index < -0.39 is 35.6 Å². The second kappa shape index (κ2) is 7.89. The minimum Gasteiger partial charge on any atom is -0.451 e. The number of nitrogens with one attached hydrogen (secondary N) is 2. The van der Waals surface area contributed by atoms with Gasteiger partial charge in [0.1, 0.15) is 17.6 Å². The predicted molar refractivity (Wildman–Crippen MR) is 102 cm³/mol. The number of aromatic amines is 1. The summed E-state index contributed by atoms with van der Waals surface area (Å²) in [5.41, 5.74) is -0.769. The molecular weight excluding hydrogens is 384 g/mol. The fourth-order valence-corrected chi connectivity index (χ4v) is 3.22. The Labute approximate surface area is 161 Å². The number of rotatable bonds is 5. The molecule has 0 saturated carbocycles. The second-order valence-corrected chi connectivity index (χ2v) is 6.69. The molecule has 3 rings (SSSR count). The lowest BCUT2D eigenvalue weighted by molar-refractivity contribution is -0.154. The maximum Gasteiger partial charge on any atom is 0.328 e. The van der Waals surface area contributed by atoms with E-state index in [1.54, 1.807) is 23.6 Å². The first kappa shape index (κ1) is 19.1. The standard InChI is InChI=1S/C18H14N4O5S/c1-10(15(24)20-17-11(8-19)6-7-28-17)27-14(23)9-22-18(26)13-5-3-2-4-12(13)16(25)21-22/h2-7,10H,9H2,1H3,(H,20,24)(H,21,25). The van der Waals surface area contributed by atoms with Gasteiger partial charge in [0.05, 0.1) is 16.3 Å². The van der Waals surface area contributed by atoms with Gasteiger partial charge in [-0.05, 0) is 30.5 Å². The summed E-state index contributed by atoms with van der Waals surface area (Å²) in [7, 11) is 0. The molecule has 1 atom stereocenters. The zero-order valence-electron chi connectivity index (χ0n) is 14.6. The van der Waals surface area contributed by atoms with Crippen LogP contribution in [0, 0.1) is 11.3 Å². The van der Waals surface area contributed by atoms with Gasteiger partial charge in [0.15, 0.2) is 6.10 Å². The number of nitrogens with zero attached hydrogens (tertiary/aromatic N) is 2. The summed E-state index contributed by atoms with van der Waals surface area (Å²) in [6.45, 7) is 0.803. The topological polar surface area (TPSA) is 134 Å². The van der Waals surface area contributed by atoms with E-state index in [0.717, 1.165) is 4.68 Å². The molecule has 1 unspecified atom stereocenters. The number of anilines is 1. The number of benzene rings is 1. The molecule has 0 bridgehead atoms. The van der Waals surface area contributed by atoms with E-state index in [-0.39, 0.29) is 10.8 Å². The van der Waals surface area contributed by atoms with Gasteiger partial charge in [0.25, 0.3) is 17.0 Å². The second-order valence-electron chi connectivity index (χ2n) is 5.77. The van der Waals surface area contributed by atoms with Crippen molar-refractivity contribution in [3.63, 3.8) is 0 Å². The average molecular weight is 398 g/mol. The summed E-state index contributed by atoms with van der Waals surface area (Å²) >= 11 is 1.17. The number of nitriles is 1. The van der Waals surface area contributed by atoms with Crippen molar-refractivity contribution in [1.29, 1.82) is 5.26 Å². The van der Waals surface area contributed by atoms with E-state index in [9.17, 15) is 19.2 Å². The summed E-state index contributed by atoms with van der Waals surface area (Å²) < 4.78 is 5.87. The normalized spacial score (nSPS) is 11.6. The van der Waals surface area contributed by atoms with Crippen molar-refractivity contribution in [3.8, 4) is 6.07 Å². The molecule has 28 heavy (non-hydrogen) atoms. The zero-order valence-corrected chi connectivity index (χ0v) is 15.4. The first-order chi connectivity index (χ1) is 13.4. The number of carbonyl (C=O) groups excluding carboxylic acids is 2. The van der Waals surface area contributed by atoms with Crippen molar-refractivity contribution in [2.75, 3.05) is 5.32 Å². The van der Waals surface area contributed by atoms with Gasteiger partial charge in [-0.15, -0.1) is 11.3 Å². The number of H-pyrrole nitrogens is 1. The van der Waals surface area contributed by atoms with E-state index in [4.69, 9.17) is 10.00 Å².